The molecule has 4 rings (SSSR count). The number of morpholine rings is 1. The summed E-state index contributed by atoms with van der Waals surface area (Å²) in [6.07, 6.45) is 2.12. The van der Waals surface area contributed by atoms with Crippen molar-refractivity contribution in [2.24, 2.45) is 14.1 Å². The van der Waals surface area contributed by atoms with Gasteiger partial charge < -0.3 is 18.9 Å². The second kappa shape index (κ2) is 6.41. The van der Waals surface area contributed by atoms with Crippen molar-refractivity contribution in [3.8, 4) is 11.4 Å². The van der Waals surface area contributed by atoms with E-state index < -0.39 is 0 Å². The van der Waals surface area contributed by atoms with Gasteiger partial charge in [0.05, 0.1) is 19.8 Å². The first-order valence-corrected chi connectivity index (χ1v) is 8.84. The van der Waals surface area contributed by atoms with E-state index in [4.69, 9.17) is 9.47 Å². The molecule has 7 nitrogen and oxygen atoms in total. The van der Waals surface area contributed by atoms with E-state index in [2.05, 4.69) is 68.7 Å². The van der Waals surface area contributed by atoms with Crippen LogP contribution in [0.1, 0.15) is 6.92 Å². The number of aromatic nitrogens is 4. The summed E-state index contributed by atoms with van der Waals surface area (Å²) in [7, 11) is 5.78. The first-order chi connectivity index (χ1) is 12.5. The molecule has 1 unspecified atom stereocenters. The Morgan fingerprint density at radius 1 is 1.23 bits per heavy atom. The van der Waals surface area contributed by atoms with Gasteiger partial charge in [-0.15, -0.1) is 10.2 Å². The molecule has 138 valence electrons. The molecule has 0 radical (unpaired) electrons. The van der Waals surface area contributed by atoms with E-state index in [1.54, 1.807) is 7.11 Å². The number of hydrogen-bond acceptors (Lipinski definition) is 5. The standard InChI is InChI=1S/C19H25N5O2/c1-19(13-25-4)12-24(9-10-26-19)18-21-20-17(23(18)3)15-11-22(2)16-8-6-5-7-14(15)16/h5-8,11H,9-10,12-13H2,1-4H3. The number of nitrogens with zero attached hydrogens (tertiary/aromatic N) is 5. The molecule has 1 aromatic carbocycles. The van der Waals surface area contributed by atoms with Crippen LogP contribution < -0.4 is 4.90 Å². The molecule has 7 heteroatoms. The molecular weight excluding hydrogens is 330 g/mol. The number of ether oxygens (including phenoxy) is 2. The predicted octanol–water partition coefficient (Wildman–Crippen LogP) is 2.22. The lowest BCUT2D eigenvalue weighted by Gasteiger charge is -2.40. The Hall–Kier alpha value is -2.38. The summed E-state index contributed by atoms with van der Waals surface area (Å²) in [4.78, 5) is 2.23. The van der Waals surface area contributed by atoms with Gasteiger partial charge in [-0.3, -0.25) is 4.57 Å². The summed E-state index contributed by atoms with van der Waals surface area (Å²) in [5.74, 6) is 1.73. The number of rotatable bonds is 4. The molecule has 1 atom stereocenters. The number of benzene rings is 1. The highest BCUT2D eigenvalue weighted by Crippen LogP contribution is 2.31. The zero-order chi connectivity index (χ0) is 18.3. The first-order valence-electron chi connectivity index (χ1n) is 8.84. The fraction of sp³-hybridized carbons (Fsp3) is 0.474. The lowest BCUT2D eigenvalue weighted by Crippen LogP contribution is -2.53. The van der Waals surface area contributed by atoms with E-state index in [-0.39, 0.29) is 5.60 Å². The largest absolute Gasteiger partial charge is 0.382 e. The molecule has 3 heterocycles. The summed E-state index contributed by atoms with van der Waals surface area (Å²) in [6, 6.07) is 8.36. The second-order valence-corrected chi connectivity index (χ2v) is 7.21. The summed E-state index contributed by atoms with van der Waals surface area (Å²) >= 11 is 0. The second-order valence-electron chi connectivity index (χ2n) is 7.21. The number of aryl methyl sites for hydroxylation is 1. The lowest BCUT2D eigenvalue weighted by atomic mass is 10.1. The van der Waals surface area contributed by atoms with Gasteiger partial charge in [0.15, 0.2) is 5.82 Å². The zero-order valence-corrected chi connectivity index (χ0v) is 15.8. The van der Waals surface area contributed by atoms with Gasteiger partial charge in [-0.1, -0.05) is 18.2 Å². The fourth-order valence-corrected chi connectivity index (χ4v) is 3.84. The third-order valence-corrected chi connectivity index (χ3v) is 5.06. The van der Waals surface area contributed by atoms with Crippen LogP contribution in [0.5, 0.6) is 0 Å². The molecule has 0 amide bonds. The van der Waals surface area contributed by atoms with Gasteiger partial charge >= 0.3 is 0 Å². The van der Waals surface area contributed by atoms with Crippen molar-refractivity contribution in [3.05, 3.63) is 30.5 Å². The molecule has 0 bridgehead atoms. The van der Waals surface area contributed by atoms with Crippen LogP contribution in [0.25, 0.3) is 22.3 Å². The smallest absolute Gasteiger partial charge is 0.227 e. The van der Waals surface area contributed by atoms with E-state index in [0.29, 0.717) is 13.2 Å². The molecular formula is C19H25N5O2. The molecule has 1 aliphatic rings. The fourth-order valence-electron chi connectivity index (χ4n) is 3.84. The van der Waals surface area contributed by atoms with Crippen molar-refractivity contribution in [1.29, 1.82) is 0 Å². The van der Waals surface area contributed by atoms with Crippen LogP contribution in [0, 0.1) is 0 Å². The van der Waals surface area contributed by atoms with Crippen LogP contribution in [0.2, 0.25) is 0 Å². The van der Waals surface area contributed by atoms with E-state index in [1.807, 2.05) is 7.05 Å². The Balaban J connectivity index is 1.70. The molecule has 1 aliphatic heterocycles. The van der Waals surface area contributed by atoms with Crippen LogP contribution in [0.4, 0.5) is 5.95 Å². The minimum atomic E-state index is -0.335. The topological polar surface area (TPSA) is 57.3 Å². The normalized spacial score (nSPS) is 20.8. The van der Waals surface area contributed by atoms with Crippen molar-refractivity contribution in [2.45, 2.75) is 12.5 Å². The molecule has 26 heavy (non-hydrogen) atoms. The van der Waals surface area contributed by atoms with E-state index >= 15 is 0 Å². The molecule has 1 fully saturated rings. The lowest BCUT2D eigenvalue weighted by molar-refractivity contribution is -0.0843. The van der Waals surface area contributed by atoms with Crippen LogP contribution >= 0.6 is 0 Å². The van der Waals surface area contributed by atoms with Gasteiger partial charge in [0.2, 0.25) is 5.95 Å². The molecule has 3 aromatic rings. The molecule has 2 aromatic heterocycles. The van der Waals surface area contributed by atoms with Crippen LogP contribution in [-0.2, 0) is 23.6 Å². The zero-order valence-electron chi connectivity index (χ0n) is 15.8. The van der Waals surface area contributed by atoms with Gasteiger partial charge in [0.25, 0.3) is 0 Å². The molecule has 0 N–H and O–H groups in total. The molecule has 0 aliphatic carbocycles. The van der Waals surface area contributed by atoms with Gasteiger partial charge in [0.1, 0.15) is 5.60 Å². The minimum absolute atomic E-state index is 0.335. The minimum Gasteiger partial charge on any atom is -0.382 e. The van der Waals surface area contributed by atoms with E-state index in [1.165, 1.54) is 10.9 Å². The third kappa shape index (κ3) is 2.77. The highest BCUT2D eigenvalue weighted by Gasteiger charge is 2.34. The van der Waals surface area contributed by atoms with Gasteiger partial charge in [-0.25, -0.2) is 0 Å². The Bertz CT molecular complexity index is 927. The number of anilines is 1. The average molecular weight is 355 g/mol. The number of fused-ring (bicyclic) bond motifs is 1. The van der Waals surface area contributed by atoms with E-state index in [0.717, 1.165) is 30.4 Å². The van der Waals surface area contributed by atoms with Crippen molar-refractivity contribution in [2.75, 3.05) is 38.3 Å². The van der Waals surface area contributed by atoms with Gasteiger partial charge in [-0.2, -0.15) is 0 Å². The Kier molecular flexibility index (Phi) is 4.20. The average Bonchev–Trinajstić information content (AvgIpc) is 3.16. The highest BCUT2D eigenvalue weighted by molar-refractivity contribution is 5.94. The van der Waals surface area contributed by atoms with E-state index in [9.17, 15) is 0 Å². The Labute approximate surface area is 153 Å². The van der Waals surface area contributed by atoms with Crippen LogP contribution in [0.15, 0.2) is 30.5 Å². The SMILES string of the molecule is COCC1(C)CN(c2nnc(-c3cn(C)c4ccccc34)n2C)CCO1. The summed E-state index contributed by atoms with van der Waals surface area (Å²) in [5.41, 5.74) is 1.95. The van der Waals surface area contributed by atoms with Crippen molar-refractivity contribution in [1.82, 2.24) is 19.3 Å². The number of hydrogen-bond donors (Lipinski definition) is 0. The first kappa shape index (κ1) is 17.1. The van der Waals surface area contributed by atoms with Gasteiger partial charge in [-0.05, 0) is 13.0 Å². The van der Waals surface area contributed by atoms with Crippen molar-refractivity contribution >= 4 is 16.9 Å². The quantitative estimate of drug-likeness (QED) is 0.718. The maximum Gasteiger partial charge on any atom is 0.227 e. The summed E-state index contributed by atoms with van der Waals surface area (Å²) in [5, 5.41) is 10.2. The third-order valence-electron chi connectivity index (χ3n) is 5.06. The monoisotopic (exact) mass is 355 g/mol. The predicted molar refractivity (Wildman–Crippen MR) is 101 cm³/mol. The molecule has 0 saturated carbocycles. The van der Waals surface area contributed by atoms with Gasteiger partial charge in [0, 0.05) is 50.4 Å². The van der Waals surface area contributed by atoms with Crippen LogP contribution in [0.3, 0.4) is 0 Å². The maximum atomic E-state index is 5.92. The number of para-hydroxylation sites is 1. The van der Waals surface area contributed by atoms with Crippen molar-refractivity contribution < 1.29 is 9.47 Å². The molecule has 0 spiro atoms. The summed E-state index contributed by atoms with van der Waals surface area (Å²) in [6.45, 7) is 4.79. The maximum absolute atomic E-state index is 5.92. The summed E-state index contributed by atoms with van der Waals surface area (Å²) < 4.78 is 15.4. The highest BCUT2D eigenvalue weighted by atomic mass is 16.5. The number of methoxy groups -OCH3 is 1. The van der Waals surface area contributed by atoms with Crippen LogP contribution in [-0.4, -0.2) is 58.3 Å². The van der Waals surface area contributed by atoms with Crippen molar-refractivity contribution in [3.63, 3.8) is 0 Å². The Morgan fingerprint density at radius 2 is 2.04 bits per heavy atom. The molecule has 1 saturated heterocycles. The Morgan fingerprint density at radius 3 is 2.85 bits per heavy atom.